The van der Waals surface area contributed by atoms with Crippen molar-refractivity contribution in [2.24, 2.45) is 0 Å². The number of hydrogen-bond donors (Lipinski definition) is 1. The fourth-order valence-electron chi connectivity index (χ4n) is 4.97. The minimum absolute atomic E-state index is 0.176. The Morgan fingerprint density at radius 3 is 2.14 bits per heavy atom. The van der Waals surface area contributed by atoms with E-state index in [0.717, 1.165) is 36.8 Å². The van der Waals surface area contributed by atoms with Crippen LogP contribution in [-0.2, 0) is 20.7 Å². The molecule has 37 heavy (non-hydrogen) atoms. The summed E-state index contributed by atoms with van der Waals surface area (Å²) in [6.07, 6.45) is 5.16. The Hall–Kier alpha value is -3.55. The summed E-state index contributed by atoms with van der Waals surface area (Å²) in [5, 5.41) is 2.93. The van der Waals surface area contributed by atoms with Crippen molar-refractivity contribution < 1.29 is 28.6 Å². The van der Waals surface area contributed by atoms with Gasteiger partial charge < -0.3 is 24.4 Å². The Kier molecular flexibility index (Phi) is 9.94. The molecule has 0 saturated heterocycles. The van der Waals surface area contributed by atoms with E-state index in [2.05, 4.69) is 5.32 Å². The van der Waals surface area contributed by atoms with Gasteiger partial charge in [-0.25, -0.2) is 4.79 Å². The summed E-state index contributed by atoms with van der Waals surface area (Å²) >= 11 is 0. The maximum Gasteiger partial charge on any atom is 0.331 e. The molecule has 8 nitrogen and oxygen atoms in total. The molecule has 3 rings (SSSR count). The number of ether oxygens (including phenoxy) is 3. The number of benzene rings is 2. The van der Waals surface area contributed by atoms with E-state index in [0.29, 0.717) is 42.9 Å². The van der Waals surface area contributed by atoms with Crippen molar-refractivity contribution in [1.82, 2.24) is 10.2 Å². The number of esters is 1. The molecule has 0 aliphatic heterocycles. The maximum absolute atomic E-state index is 13.7. The largest absolute Gasteiger partial charge is 0.496 e. The standard InChI is InChI=1S/C29H38N2O6/c1-21-24(35-2)18-23(19-25(21)36-3)27(33)31(17-11-14-22-12-7-5-8-13-22)20-26(32)30-29(28(34)37-4)15-9-6-10-16-29/h5,7-8,12-13,18-19H,6,9-11,14-17,20H2,1-4H3,(H,30,32). The van der Waals surface area contributed by atoms with Gasteiger partial charge in [0, 0.05) is 17.7 Å². The molecule has 1 N–H and O–H groups in total. The first kappa shape index (κ1) is 28.0. The predicted octanol–water partition coefficient (Wildman–Crippen LogP) is 4.08. The zero-order chi connectivity index (χ0) is 26.8. The molecule has 200 valence electrons. The van der Waals surface area contributed by atoms with E-state index >= 15 is 0 Å². The zero-order valence-corrected chi connectivity index (χ0v) is 22.3. The number of amides is 2. The van der Waals surface area contributed by atoms with Crippen molar-refractivity contribution in [3.05, 3.63) is 59.2 Å². The molecule has 0 unspecified atom stereocenters. The Bertz CT molecular complexity index is 1050. The molecule has 0 radical (unpaired) electrons. The highest BCUT2D eigenvalue weighted by atomic mass is 16.5. The van der Waals surface area contributed by atoms with E-state index in [1.807, 2.05) is 37.3 Å². The van der Waals surface area contributed by atoms with Crippen molar-refractivity contribution in [2.45, 2.75) is 57.4 Å². The minimum Gasteiger partial charge on any atom is -0.496 e. The van der Waals surface area contributed by atoms with Crippen LogP contribution in [0.2, 0.25) is 0 Å². The fraction of sp³-hybridized carbons (Fsp3) is 0.483. The highest BCUT2D eigenvalue weighted by molar-refractivity contribution is 5.98. The number of carbonyl (C=O) groups excluding carboxylic acids is 3. The smallest absolute Gasteiger partial charge is 0.331 e. The summed E-state index contributed by atoms with van der Waals surface area (Å²) in [6, 6.07) is 13.3. The summed E-state index contributed by atoms with van der Waals surface area (Å²) in [7, 11) is 4.41. The third-order valence-electron chi connectivity index (χ3n) is 7.02. The van der Waals surface area contributed by atoms with E-state index in [9.17, 15) is 14.4 Å². The SMILES string of the molecule is COC(=O)C1(NC(=O)CN(CCCc2ccccc2)C(=O)c2cc(OC)c(C)c(OC)c2)CCCCC1. The Balaban J connectivity index is 1.82. The molecule has 1 fully saturated rings. The van der Waals surface area contributed by atoms with E-state index in [4.69, 9.17) is 14.2 Å². The van der Waals surface area contributed by atoms with Gasteiger partial charge in [-0.1, -0.05) is 49.6 Å². The first-order valence-corrected chi connectivity index (χ1v) is 12.8. The van der Waals surface area contributed by atoms with Crippen LogP contribution in [0.15, 0.2) is 42.5 Å². The van der Waals surface area contributed by atoms with Crippen LogP contribution in [0.5, 0.6) is 11.5 Å². The maximum atomic E-state index is 13.7. The summed E-state index contributed by atoms with van der Waals surface area (Å²) < 4.78 is 15.9. The zero-order valence-electron chi connectivity index (χ0n) is 22.3. The minimum atomic E-state index is -1.04. The third kappa shape index (κ3) is 7.02. The number of aryl methyl sites for hydroxylation is 1. The van der Waals surface area contributed by atoms with Gasteiger partial charge in [0.2, 0.25) is 5.91 Å². The van der Waals surface area contributed by atoms with E-state index in [-0.39, 0.29) is 18.4 Å². The van der Waals surface area contributed by atoms with Gasteiger partial charge >= 0.3 is 5.97 Å². The van der Waals surface area contributed by atoms with Crippen molar-refractivity contribution in [3.8, 4) is 11.5 Å². The highest BCUT2D eigenvalue weighted by Gasteiger charge is 2.42. The highest BCUT2D eigenvalue weighted by Crippen LogP contribution is 2.31. The number of carbonyl (C=O) groups is 3. The third-order valence-corrected chi connectivity index (χ3v) is 7.02. The van der Waals surface area contributed by atoms with E-state index in [1.165, 1.54) is 26.2 Å². The average molecular weight is 511 g/mol. The molecule has 1 saturated carbocycles. The number of nitrogens with one attached hydrogen (secondary N) is 1. The van der Waals surface area contributed by atoms with Crippen molar-refractivity contribution >= 4 is 17.8 Å². The van der Waals surface area contributed by atoms with Crippen LogP contribution in [0, 0.1) is 6.92 Å². The second-order valence-corrected chi connectivity index (χ2v) is 9.50. The lowest BCUT2D eigenvalue weighted by Gasteiger charge is -2.36. The lowest BCUT2D eigenvalue weighted by Crippen LogP contribution is -2.58. The van der Waals surface area contributed by atoms with Crippen LogP contribution in [0.1, 0.15) is 60.0 Å². The molecule has 0 aromatic heterocycles. The molecule has 2 aromatic rings. The van der Waals surface area contributed by atoms with Crippen molar-refractivity contribution in [1.29, 1.82) is 0 Å². The molecular weight excluding hydrogens is 472 g/mol. The number of hydrogen-bond acceptors (Lipinski definition) is 6. The monoisotopic (exact) mass is 510 g/mol. The quantitative estimate of drug-likeness (QED) is 0.458. The second-order valence-electron chi connectivity index (χ2n) is 9.50. The average Bonchev–Trinajstić information content (AvgIpc) is 2.92. The molecule has 0 atom stereocenters. The normalized spacial score (nSPS) is 14.4. The topological polar surface area (TPSA) is 94.2 Å². The van der Waals surface area contributed by atoms with Crippen LogP contribution in [0.3, 0.4) is 0 Å². The van der Waals surface area contributed by atoms with Gasteiger partial charge in [-0.2, -0.15) is 0 Å². The first-order valence-electron chi connectivity index (χ1n) is 12.8. The van der Waals surface area contributed by atoms with Gasteiger partial charge in [0.25, 0.3) is 5.91 Å². The van der Waals surface area contributed by atoms with E-state index < -0.39 is 11.5 Å². The molecule has 2 aromatic carbocycles. The molecule has 1 aliphatic carbocycles. The summed E-state index contributed by atoms with van der Waals surface area (Å²) in [6.45, 7) is 2.04. The van der Waals surface area contributed by atoms with Gasteiger partial charge in [-0.15, -0.1) is 0 Å². The van der Waals surface area contributed by atoms with Crippen LogP contribution in [0.25, 0.3) is 0 Å². The first-order chi connectivity index (χ1) is 17.8. The van der Waals surface area contributed by atoms with Gasteiger partial charge in [0.15, 0.2) is 0 Å². The molecular formula is C29H38N2O6. The molecule has 2 amide bonds. The van der Waals surface area contributed by atoms with Crippen LogP contribution >= 0.6 is 0 Å². The van der Waals surface area contributed by atoms with E-state index in [1.54, 1.807) is 12.1 Å². The predicted molar refractivity (Wildman–Crippen MR) is 141 cm³/mol. The van der Waals surface area contributed by atoms with Crippen LogP contribution in [0.4, 0.5) is 0 Å². The van der Waals surface area contributed by atoms with Crippen LogP contribution in [-0.4, -0.2) is 62.6 Å². The summed E-state index contributed by atoms with van der Waals surface area (Å²) in [5.74, 6) is -0.0658. The lowest BCUT2D eigenvalue weighted by molar-refractivity contribution is -0.152. The summed E-state index contributed by atoms with van der Waals surface area (Å²) in [5.41, 5.74) is 1.27. The van der Waals surface area contributed by atoms with Crippen LogP contribution < -0.4 is 14.8 Å². The molecule has 8 heteroatoms. The number of rotatable bonds is 11. The molecule has 0 spiro atoms. The Morgan fingerprint density at radius 2 is 1.57 bits per heavy atom. The van der Waals surface area contributed by atoms with Crippen molar-refractivity contribution in [2.75, 3.05) is 34.4 Å². The van der Waals surface area contributed by atoms with Crippen molar-refractivity contribution in [3.63, 3.8) is 0 Å². The number of methoxy groups -OCH3 is 3. The second kappa shape index (κ2) is 13.1. The summed E-state index contributed by atoms with van der Waals surface area (Å²) in [4.78, 5) is 41.1. The molecule has 0 bridgehead atoms. The molecule has 1 aliphatic rings. The van der Waals surface area contributed by atoms with Gasteiger partial charge in [-0.3, -0.25) is 9.59 Å². The Labute approximate surface area is 219 Å². The fourth-order valence-corrected chi connectivity index (χ4v) is 4.97. The molecule has 0 heterocycles. The number of nitrogens with zero attached hydrogens (tertiary/aromatic N) is 1. The Morgan fingerprint density at radius 1 is 0.946 bits per heavy atom. The lowest BCUT2D eigenvalue weighted by atomic mass is 9.81. The van der Waals surface area contributed by atoms with Gasteiger partial charge in [-0.05, 0) is 50.3 Å². The van der Waals surface area contributed by atoms with Gasteiger partial charge in [0.1, 0.15) is 17.0 Å². The van der Waals surface area contributed by atoms with Gasteiger partial charge in [0.05, 0.1) is 27.9 Å².